The summed E-state index contributed by atoms with van der Waals surface area (Å²) in [6.07, 6.45) is 5.38. The zero-order chi connectivity index (χ0) is 23.5. The molecular formula is C24H37NO7. The molecule has 0 fully saturated rings. The minimum absolute atomic E-state index is 0.307. The molecule has 8 nitrogen and oxygen atoms in total. The predicted molar refractivity (Wildman–Crippen MR) is 122 cm³/mol. The summed E-state index contributed by atoms with van der Waals surface area (Å²) < 4.78 is 32.2. The van der Waals surface area contributed by atoms with E-state index in [1.807, 2.05) is 45.0 Å². The lowest BCUT2D eigenvalue weighted by atomic mass is 10.1. The van der Waals surface area contributed by atoms with Gasteiger partial charge in [-0.05, 0) is 44.9 Å². The van der Waals surface area contributed by atoms with Crippen LogP contribution in [0.4, 0.5) is 4.79 Å². The summed E-state index contributed by atoms with van der Waals surface area (Å²) in [7, 11) is 0. The van der Waals surface area contributed by atoms with Crippen molar-refractivity contribution in [3.8, 4) is 18.1 Å². The summed E-state index contributed by atoms with van der Waals surface area (Å²) in [4.78, 5) is 11.6. The molecule has 0 atom stereocenters. The molecular weight excluding hydrogens is 414 g/mol. The van der Waals surface area contributed by atoms with Gasteiger partial charge < -0.3 is 33.7 Å². The van der Waals surface area contributed by atoms with Gasteiger partial charge in [0.05, 0.1) is 46.2 Å². The van der Waals surface area contributed by atoms with Crippen LogP contribution in [0.3, 0.4) is 0 Å². The Labute approximate surface area is 191 Å². The fourth-order valence-electron chi connectivity index (χ4n) is 2.38. The highest BCUT2D eigenvalue weighted by atomic mass is 16.6. The van der Waals surface area contributed by atoms with Crippen LogP contribution in [0.5, 0.6) is 5.75 Å². The zero-order valence-corrected chi connectivity index (χ0v) is 19.5. The molecule has 0 heterocycles. The number of alkyl carbamates (subject to hydrolysis) is 1. The molecule has 0 aliphatic rings. The van der Waals surface area contributed by atoms with E-state index in [0.29, 0.717) is 72.4 Å². The van der Waals surface area contributed by atoms with Crippen LogP contribution in [0, 0.1) is 12.3 Å². The molecule has 8 heteroatoms. The zero-order valence-electron chi connectivity index (χ0n) is 19.5. The summed E-state index contributed by atoms with van der Waals surface area (Å²) in [6, 6.07) is 7.77. The summed E-state index contributed by atoms with van der Waals surface area (Å²) >= 11 is 0. The van der Waals surface area contributed by atoms with E-state index in [0.717, 1.165) is 11.3 Å². The van der Waals surface area contributed by atoms with E-state index >= 15 is 0 Å². The van der Waals surface area contributed by atoms with E-state index < -0.39 is 11.7 Å². The van der Waals surface area contributed by atoms with Crippen LogP contribution in [0.2, 0.25) is 0 Å². The van der Waals surface area contributed by atoms with Crippen LogP contribution in [0.1, 0.15) is 26.3 Å². The Morgan fingerprint density at radius 3 is 1.94 bits per heavy atom. The average molecular weight is 452 g/mol. The van der Waals surface area contributed by atoms with E-state index in [4.69, 9.17) is 34.8 Å². The number of terminal acetylenes is 1. The van der Waals surface area contributed by atoms with E-state index in [1.165, 1.54) is 0 Å². The average Bonchev–Trinajstić information content (AvgIpc) is 2.74. The number of nitrogens with one attached hydrogen (secondary N) is 1. The first-order chi connectivity index (χ1) is 15.4. The minimum atomic E-state index is -0.492. The Balaban J connectivity index is 1.96. The Hall–Kier alpha value is -2.31. The van der Waals surface area contributed by atoms with Gasteiger partial charge in [-0.25, -0.2) is 4.79 Å². The van der Waals surface area contributed by atoms with Crippen molar-refractivity contribution in [3.63, 3.8) is 0 Å². The third kappa shape index (κ3) is 16.4. The highest BCUT2D eigenvalue weighted by Crippen LogP contribution is 2.12. The summed E-state index contributed by atoms with van der Waals surface area (Å²) in [5.41, 5.74) is 0.610. The van der Waals surface area contributed by atoms with Crippen LogP contribution in [-0.2, 0) is 30.1 Å². The number of hydrogen-bond acceptors (Lipinski definition) is 7. The molecule has 0 bridgehead atoms. The fourth-order valence-corrected chi connectivity index (χ4v) is 2.38. The molecule has 1 amide bonds. The van der Waals surface area contributed by atoms with Crippen molar-refractivity contribution in [1.82, 2.24) is 5.32 Å². The molecule has 1 aromatic rings. The topological polar surface area (TPSA) is 84.5 Å². The number of ether oxygens (including phenoxy) is 6. The van der Waals surface area contributed by atoms with Crippen LogP contribution in [0.15, 0.2) is 24.3 Å². The van der Waals surface area contributed by atoms with Gasteiger partial charge in [-0.3, -0.25) is 0 Å². The Morgan fingerprint density at radius 2 is 1.41 bits per heavy atom. The van der Waals surface area contributed by atoms with Crippen LogP contribution >= 0.6 is 0 Å². The van der Waals surface area contributed by atoms with Gasteiger partial charge in [0.25, 0.3) is 0 Å². The van der Waals surface area contributed by atoms with Crippen molar-refractivity contribution in [2.75, 3.05) is 66.0 Å². The van der Waals surface area contributed by atoms with Gasteiger partial charge in [-0.2, -0.15) is 0 Å². The van der Waals surface area contributed by atoms with Gasteiger partial charge in [-0.1, -0.05) is 18.1 Å². The number of rotatable bonds is 17. The largest absolute Gasteiger partial charge is 0.491 e. The van der Waals surface area contributed by atoms with E-state index in [2.05, 4.69) is 11.2 Å². The van der Waals surface area contributed by atoms with Crippen LogP contribution < -0.4 is 10.1 Å². The van der Waals surface area contributed by atoms with Gasteiger partial charge in [0.1, 0.15) is 24.6 Å². The number of benzene rings is 1. The van der Waals surface area contributed by atoms with Gasteiger partial charge in [-0.15, -0.1) is 6.42 Å². The second-order valence-corrected chi connectivity index (χ2v) is 7.76. The van der Waals surface area contributed by atoms with Crippen molar-refractivity contribution in [2.24, 2.45) is 0 Å². The predicted octanol–water partition coefficient (Wildman–Crippen LogP) is 2.83. The Kier molecular flexibility index (Phi) is 15.0. The summed E-state index contributed by atoms with van der Waals surface area (Å²) in [5.74, 6) is 3.17. The highest BCUT2D eigenvalue weighted by Gasteiger charge is 2.15. The van der Waals surface area contributed by atoms with Gasteiger partial charge >= 0.3 is 6.09 Å². The Bertz CT molecular complexity index is 650. The molecule has 0 spiro atoms. The molecule has 1 aromatic carbocycles. The first-order valence-electron chi connectivity index (χ1n) is 10.8. The first kappa shape index (κ1) is 27.7. The summed E-state index contributed by atoms with van der Waals surface area (Å²) in [6.45, 7) is 10.3. The number of hydrogen-bond donors (Lipinski definition) is 1. The molecule has 1 rings (SSSR count). The Morgan fingerprint density at radius 1 is 0.875 bits per heavy atom. The fraction of sp³-hybridized carbons (Fsp3) is 0.625. The molecule has 0 radical (unpaired) electrons. The molecule has 180 valence electrons. The summed E-state index contributed by atoms with van der Waals surface area (Å²) in [5, 5.41) is 2.75. The van der Waals surface area contributed by atoms with E-state index in [1.54, 1.807) is 0 Å². The van der Waals surface area contributed by atoms with Crippen molar-refractivity contribution in [3.05, 3.63) is 29.8 Å². The first-order valence-corrected chi connectivity index (χ1v) is 10.8. The van der Waals surface area contributed by atoms with Crippen LogP contribution in [-0.4, -0.2) is 77.7 Å². The van der Waals surface area contributed by atoms with Crippen molar-refractivity contribution >= 4 is 6.09 Å². The lowest BCUT2D eigenvalue weighted by molar-refractivity contribution is -0.00187. The molecule has 0 aliphatic carbocycles. The smallest absolute Gasteiger partial charge is 0.407 e. The van der Waals surface area contributed by atoms with E-state index in [-0.39, 0.29) is 0 Å². The lowest BCUT2D eigenvalue weighted by Crippen LogP contribution is -2.33. The third-order valence-corrected chi connectivity index (χ3v) is 3.80. The van der Waals surface area contributed by atoms with Crippen molar-refractivity contribution < 1.29 is 33.2 Å². The number of carbonyl (C=O) groups excluding carboxylic acids is 1. The molecule has 0 saturated carbocycles. The number of amides is 1. The van der Waals surface area contributed by atoms with E-state index in [9.17, 15) is 4.79 Å². The standard InChI is InChI=1S/C24H37NO7/c1-5-12-27-13-14-28-15-16-29-17-18-30-19-20-31-22-8-6-21(7-9-22)10-11-25-23(26)32-24(2,3)4/h1,6-9H,10-20H2,2-4H3,(H,25,26). The third-order valence-electron chi connectivity index (χ3n) is 3.80. The van der Waals surface area contributed by atoms with Crippen molar-refractivity contribution in [2.45, 2.75) is 32.8 Å². The van der Waals surface area contributed by atoms with Gasteiger partial charge in [0.2, 0.25) is 0 Å². The molecule has 0 aliphatic heterocycles. The molecule has 0 saturated heterocycles. The molecule has 0 unspecified atom stereocenters. The van der Waals surface area contributed by atoms with Gasteiger partial charge in [0.15, 0.2) is 0 Å². The molecule has 32 heavy (non-hydrogen) atoms. The monoisotopic (exact) mass is 451 g/mol. The molecule has 1 N–H and O–H groups in total. The maximum atomic E-state index is 11.6. The normalized spacial score (nSPS) is 11.1. The molecule has 0 aromatic heterocycles. The maximum Gasteiger partial charge on any atom is 0.407 e. The van der Waals surface area contributed by atoms with Gasteiger partial charge in [0, 0.05) is 6.54 Å². The highest BCUT2D eigenvalue weighted by molar-refractivity contribution is 5.67. The lowest BCUT2D eigenvalue weighted by Gasteiger charge is -2.19. The second-order valence-electron chi connectivity index (χ2n) is 7.76. The quantitative estimate of drug-likeness (QED) is 0.288. The maximum absolute atomic E-state index is 11.6. The minimum Gasteiger partial charge on any atom is -0.491 e. The van der Waals surface area contributed by atoms with Crippen molar-refractivity contribution in [1.29, 1.82) is 0 Å². The van der Waals surface area contributed by atoms with Crippen LogP contribution in [0.25, 0.3) is 0 Å². The number of carbonyl (C=O) groups is 1. The SMILES string of the molecule is C#CCOCCOCCOCCOCCOc1ccc(CCNC(=O)OC(C)(C)C)cc1. The second kappa shape index (κ2) is 17.3.